The summed E-state index contributed by atoms with van der Waals surface area (Å²) in [6, 6.07) is 6.83. The van der Waals surface area contributed by atoms with Gasteiger partial charge in [0.2, 0.25) is 0 Å². The van der Waals surface area contributed by atoms with Crippen LogP contribution in [0.15, 0.2) is 18.2 Å². The van der Waals surface area contributed by atoms with Gasteiger partial charge in [0.1, 0.15) is 0 Å². The Bertz CT molecular complexity index is 616. The quantitative estimate of drug-likeness (QED) is 0.934. The lowest BCUT2D eigenvalue weighted by Gasteiger charge is -2.18. The molecule has 2 aromatic rings. The van der Waals surface area contributed by atoms with Crippen LogP contribution in [-0.4, -0.2) is 16.8 Å². The number of nitrogens with one attached hydrogen (secondary N) is 1. The number of hydrogen-bond acceptors (Lipinski definition) is 2. The van der Waals surface area contributed by atoms with Crippen LogP contribution >= 0.6 is 11.6 Å². The predicted molar refractivity (Wildman–Crippen MR) is 84.4 cm³/mol. The molecule has 0 saturated heterocycles. The van der Waals surface area contributed by atoms with E-state index in [4.69, 9.17) is 11.6 Å². The van der Waals surface area contributed by atoms with Crippen LogP contribution in [0.25, 0.3) is 0 Å². The molecule has 0 aliphatic carbocycles. The van der Waals surface area contributed by atoms with Crippen molar-refractivity contribution in [1.82, 2.24) is 15.1 Å². The summed E-state index contributed by atoms with van der Waals surface area (Å²) in [5, 5.41) is 8.53. The predicted octanol–water partition coefficient (Wildman–Crippen LogP) is 3.50. The topological polar surface area (TPSA) is 29.9 Å². The number of benzene rings is 1. The largest absolute Gasteiger partial charge is 0.313 e. The maximum absolute atomic E-state index is 6.35. The number of rotatable bonds is 4. The van der Waals surface area contributed by atoms with E-state index in [-0.39, 0.29) is 6.04 Å². The molecule has 1 unspecified atom stereocenters. The molecule has 20 heavy (non-hydrogen) atoms. The average Bonchev–Trinajstić information content (AvgIpc) is 2.65. The van der Waals surface area contributed by atoms with E-state index in [0.717, 1.165) is 22.8 Å². The van der Waals surface area contributed by atoms with E-state index in [1.807, 2.05) is 25.7 Å². The molecule has 0 aliphatic heterocycles. The molecule has 1 heterocycles. The van der Waals surface area contributed by atoms with Gasteiger partial charge in [0.15, 0.2) is 0 Å². The van der Waals surface area contributed by atoms with Crippen molar-refractivity contribution in [3.05, 3.63) is 51.3 Å². The van der Waals surface area contributed by atoms with E-state index in [2.05, 4.69) is 42.5 Å². The zero-order valence-electron chi connectivity index (χ0n) is 12.8. The number of aromatic nitrogens is 2. The molecule has 0 spiro atoms. The number of aryl methyl sites for hydroxylation is 4. The third-order valence-corrected chi connectivity index (χ3v) is 4.43. The third-order valence-electron chi connectivity index (χ3n) is 3.94. The second-order valence-corrected chi connectivity index (χ2v) is 5.74. The minimum absolute atomic E-state index is 0.238. The highest BCUT2D eigenvalue weighted by molar-refractivity contribution is 6.31. The van der Waals surface area contributed by atoms with E-state index < -0.39 is 0 Å². The summed E-state index contributed by atoms with van der Waals surface area (Å²) in [6.45, 7) is 6.22. The Balaban J connectivity index is 2.31. The smallest absolute Gasteiger partial charge is 0.0847 e. The maximum atomic E-state index is 6.35. The van der Waals surface area contributed by atoms with Crippen molar-refractivity contribution >= 4 is 11.6 Å². The molecule has 0 fully saturated rings. The SMILES string of the molecule is CNC(Cc1c(Cl)c(C)nn1C)c1ccc(C)c(C)c1. The van der Waals surface area contributed by atoms with E-state index in [1.54, 1.807) is 0 Å². The van der Waals surface area contributed by atoms with Crippen LogP contribution < -0.4 is 5.32 Å². The Labute approximate surface area is 126 Å². The fourth-order valence-corrected chi connectivity index (χ4v) is 2.70. The summed E-state index contributed by atoms with van der Waals surface area (Å²) < 4.78 is 1.88. The van der Waals surface area contributed by atoms with Crippen molar-refractivity contribution < 1.29 is 0 Å². The minimum atomic E-state index is 0.238. The first-order chi connectivity index (χ1) is 9.43. The molecule has 0 aliphatic rings. The van der Waals surface area contributed by atoms with Gasteiger partial charge in [-0.2, -0.15) is 5.10 Å². The second-order valence-electron chi connectivity index (χ2n) is 5.36. The molecule has 2 rings (SSSR count). The van der Waals surface area contributed by atoms with Gasteiger partial charge < -0.3 is 5.32 Å². The molecule has 3 nitrogen and oxygen atoms in total. The van der Waals surface area contributed by atoms with Crippen LogP contribution in [0.3, 0.4) is 0 Å². The van der Waals surface area contributed by atoms with Gasteiger partial charge >= 0.3 is 0 Å². The Kier molecular flexibility index (Phi) is 4.51. The van der Waals surface area contributed by atoms with Gasteiger partial charge in [-0.25, -0.2) is 0 Å². The van der Waals surface area contributed by atoms with Crippen LogP contribution in [0.1, 0.15) is 34.1 Å². The van der Waals surface area contributed by atoms with Crippen LogP contribution in [0.2, 0.25) is 5.02 Å². The summed E-state index contributed by atoms with van der Waals surface area (Å²) >= 11 is 6.35. The maximum Gasteiger partial charge on any atom is 0.0847 e. The standard InChI is InChI=1S/C16H22ClN3/c1-10-6-7-13(8-11(10)2)14(18-4)9-15-16(17)12(3)19-20(15)5/h6-8,14,18H,9H2,1-5H3. The fourth-order valence-electron chi connectivity index (χ4n) is 2.46. The van der Waals surface area contributed by atoms with Crippen molar-refractivity contribution in [2.24, 2.45) is 7.05 Å². The van der Waals surface area contributed by atoms with E-state index in [0.29, 0.717) is 0 Å². The lowest BCUT2D eigenvalue weighted by atomic mass is 9.98. The summed E-state index contributed by atoms with van der Waals surface area (Å²) in [6.07, 6.45) is 0.829. The zero-order valence-corrected chi connectivity index (χ0v) is 13.5. The summed E-state index contributed by atoms with van der Waals surface area (Å²) in [7, 11) is 3.93. The lowest BCUT2D eigenvalue weighted by molar-refractivity contribution is 0.561. The molecule has 1 atom stereocenters. The van der Waals surface area contributed by atoms with Crippen molar-refractivity contribution in [2.45, 2.75) is 33.2 Å². The second kappa shape index (κ2) is 5.98. The van der Waals surface area contributed by atoms with E-state index >= 15 is 0 Å². The van der Waals surface area contributed by atoms with Crippen LogP contribution in [0, 0.1) is 20.8 Å². The first-order valence-electron chi connectivity index (χ1n) is 6.86. The summed E-state index contributed by atoms with van der Waals surface area (Å²) in [5.74, 6) is 0. The molecule has 108 valence electrons. The van der Waals surface area contributed by atoms with Gasteiger partial charge in [0.05, 0.1) is 16.4 Å². The molecule has 4 heteroatoms. The van der Waals surface area contributed by atoms with Gasteiger partial charge in [-0.3, -0.25) is 4.68 Å². The van der Waals surface area contributed by atoms with Crippen molar-refractivity contribution in [3.63, 3.8) is 0 Å². The molecule has 0 saturated carbocycles. The average molecular weight is 292 g/mol. The number of halogens is 1. The normalized spacial score (nSPS) is 12.7. The number of hydrogen-bond donors (Lipinski definition) is 1. The van der Waals surface area contributed by atoms with Crippen molar-refractivity contribution in [1.29, 1.82) is 0 Å². The Hall–Kier alpha value is -1.32. The van der Waals surface area contributed by atoms with Gasteiger partial charge in [0, 0.05) is 19.5 Å². The molecular formula is C16H22ClN3. The highest BCUT2D eigenvalue weighted by Gasteiger charge is 2.17. The minimum Gasteiger partial charge on any atom is -0.313 e. The van der Waals surface area contributed by atoms with Gasteiger partial charge in [0.25, 0.3) is 0 Å². The lowest BCUT2D eigenvalue weighted by Crippen LogP contribution is -2.20. The van der Waals surface area contributed by atoms with Gasteiger partial charge in [-0.15, -0.1) is 0 Å². The Morgan fingerprint density at radius 3 is 2.45 bits per heavy atom. The molecule has 1 N–H and O–H groups in total. The summed E-state index contributed by atoms with van der Waals surface area (Å²) in [5.41, 5.74) is 5.87. The van der Waals surface area contributed by atoms with E-state index in [9.17, 15) is 0 Å². The molecule has 0 amide bonds. The fraction of sp³-hybridized carbons (Fsp3) is 0.438. The zero-order chi connectivity index (χ0) is 14.9. The molecule has 0 bridgehead atoms. The highest BCUT2D eigenvalue weighted by Crippen LogP contribution is 2.26. The molecule has 1 aromatic carbocycles. The number of likely N-dealkylation sites (N-methyl/N-ethyl adjacent to an activating group) is 1. The third kappa shape index (κ3) is 2.89. The van der Waals surface area contributed by atoms with Gasteiger partial charge in [-0.05, 0) is 44.5 Å². The first-order valence-corrected chi connectivity index (χ1v) is 7.24. The summed E-state index contributed by atoms with van der Waals surface area (Å²) in [4.78, 5) is 0. The first kappa shape index (κ1) is 15.1. The Morgan fingerprint density at radius 1 is 1.25 bits per heavy atom. The van der Waals surface area contributed by atoms with Gasteiger partial charge in [-0.1, -0.05) is 29.8 Å². The molecular weight excluding hydrogens is 270 g/mol. The molecule has 0 radical (unpaired) electrons. The molecule has 1 aromatic heterocycles. The van der Waals surface area contributed by atoms with E-state index in [1.165, 1.54) is 16.7 Å². The van der Waals surface area contributed by atoms with Crippen LogP contribution in [0.4, 0.5) is 0 Å². The monoisotopic (exact) mass is 291 g/mol. The Morgan fingerprint density at radius 2 is 1.95 bits per heavy atom. The number of nitrogens with zero attached hydrogens (tertiary/aromatic N) is 2. The van der Waals surface area contributed by atoms with Crippen molar-refractivity contribution in [2.75, 3.05) is 7.05 Å². The van der Waals surface area contributed by atoms with Crippen LogP contribution in [-0.2, 0) is 13.5 Å². The van der Waals surface area contributed by atoms with Crippen molar-refractivity contribution in [3.8, 4) is 0 Å². The van der Waals surface area contributed by atoms with Crippen LogP contribution in [0.5, 0.6) is 0 Å². The highest BCUT2D eigenvalue weighted by atomic mass is 35.5.